The monoisotopic (exact) mass is 266 g/mol. The number of nitrogens with one attached hydrogen (secondary N) is 1. The van der Waals surface area contributed by atoms with Gasteiger partial charge in [0.05, 0.1) is 12.1 Å². The van der Waals surface area contributed by atoms with Gasteiger partial charge in [0.2, 0.25) is 11.7 Å². The Morgan fingerprint density at radius 1 is 1.58 bits per heavy atom. The third kappa shape index (κ3) is 2.49. The molecule has 1 aromatic rings. The quantitative estimate of drug-likeness (QED) is 0.852. The number of piperazine rings is 1. The van der Waals surface area contributed by atoms with Crippen LogP contribution in [0.2, 0.25) is 0 Å². The van der Waals surface area contributed by atoms with Crippen LogP contribution in [0.5, 0.6) is 0 Å². The molecular formula is C13H18N2O4. The summed E-state index contributed by atoms with van der Waals surface area (Å²) in [6.45, 7) is 7.11. The molecular weight excluding hydrogens is 248 g/mol. The Kier molecular flexibility index (Phi) is 3.36. The van der Waals surface area contributed by atoms with Gasteiger partial charge < -0.3 is 14.8 Å². The minimum Gasteiger partial charge on any atom is -0.475 e. The van der Waals surface area contributed by atoms with Gasteiger partial charge in [0.1, 0.15) is 5.76 Å². The summed E-state index contributed by atoms with van der Waals surface area (Å²) in [6.07, 6.45) is 0. The van der Waals surface area contributed by atoms with E-state index in [0.717, 1.165) is 0 Å². The van der Waals surface area contributed by atoms with Gasteiger partial charge in [0.25, 0.3) is 0 Å². The highest BCUT2D eigenvalue weighted by molar-refractivity contribution is 5.86. The fourth-order valence-electron chi connectivity index (χ4n) is 2.25. The molecule has 1 aromatic heterocycles. The molecule has 1 aliphatic heterocycles. The van der Waals surface area contributed by atoms with Crippen molar-refractivity contribution < 1.29 is 19.1 Å². The van der Waals surface area contributed by atoms with Gasteiger partial charge in [0, 0.05) is 18.7 Å². The molecule has 104 valence electrons. The number of carbonyl (C=O) groups excluding carboxylic acids is 1. The van der Waals surface area contributed by atoms with Gasteiger partial charge in [-0.25, -0.2) is 4.79 Å². The number of carboxylic acid groups (broad SMARTS) is 1. The van der Waals surface area contributed by atoms with E-state index in [1.165, 1.54) is 0 Å². The van der Waals surface area contributed by atoms with E-state index in [9.17, 15) is 9.59 Å². The zero-order chi connectivity index (χ0) is 14.2. The molecule has 6 heteroatoms. The molecule has 2 N–H and O–H groups in total. The summed E-state index contributed by atoms with van der Waals surface area (Å²) in [5.41, 5.74) is -0.0238. The van der Waals surface area contributed by atoms with Crippen LogP contribution in [0.3, 0.4) is 0 Å². The average Bonchev–Trinajstić information content (AvgIpc) is 2.67. The number of carbonyl (C=O) groups is 2. The Bertz CT molecular complexity index is 519. The number of aromatic carboxylic acids is 1. The minimum atomic E-state index is -1.07. The summed E-state index contributed by atoms with van der Waals surface area (Å²) in [4.78, 5) is 24.7. The van der Waals surface area contributed by atoms with Crippen LogP contribution in [0.25, 0.3) is 0 Å². The molecule has 0 aromatic carbocycles. The standard InChI is InChI=1S/C13H18N2O4/c1-8-6-9(19-10(8)11(16)17)7-15-5-4-14-12(18)13(15,2)3/h6H,4-5,7H2,1-3H3,(H,14,18)(H,16,17). The molecule has 1 fully saturated rings. The van der Waals surface area contributed by atoms with Crippen LogP contribution in [-0.4, -0.2) is 40.5 Å². The minimum absolute atomic E-state index is 0.0273. The van der Waals surface area contributed by atoms with E-state index in [0.29, 0.717) is 31.0 Å². The zero-order valence-electron chi connectivity index (χ0n) is 11.3. The molecule has 2 heterocycles. The number of carboxylic acids is 1. The first kappa shape index (κ1) is 13.6. The predicted octanol–water partition coefficient (Wildman–Crippen LogP) is 0.997. The van der Waals surface area contributed by atoms with Gasteiger partial charge in [0.15, 0.2) is 0 Å². The Labute approximate surface area is 111 Å². The summed E-state index contributed by atoms with van der Waals surface area (Å²) in [6, 6.07) is 1.71. The van der Waals surface area contributed by atoms with Crippen molar-refractivity contribution in [3.8, 4) is 0 Å². The Balaban J connectivity index is 2.19. The maximum Gasteiger partial charge on any atom is 0.372 e. The lowest BCUT2D eigenvalue weighted by atomic mass is 9.99. The molecule has 0 spiro atoms. The smallest absolute Gasteiger partial charge is 0.372 e. The first-order chi connectivity index (χ1) is 8.82. The highest BCUT2D eigenvalue weighted by atomic mass is 16.4. The number of hydrogen-bond donors (Lipinski definition) is 2. The van der Waals surface area contributed by atoms with Crippen LogP contribution in [0.1, 0.15) is 35.7 Å². The van der Waals surface area contributed by atoms with Crippen molar-refractivity contribution in [1.82, 2.24) is 10.2 Å². The van der Waals surface area contributed by atoms with Crippen molar-refractivity contribution in [3.63, 3.8) is 0 Å². The average molecular weight is 266 g/mol. The molecule has 1 aliphatic rings. The second kappa shape index (κ2) is 4.70. The number of nitrogens with zero attached hydrogens (tertiary/aromatic N) is 1. The van der Waals surface area contributed by atoms with Gasteiger partial charge in [-0.3, -0.25) is 9.69 Å². The fourth-order valence-corrected chi connectivity index (χ4v) is 2.25. The zero-order valence-corrected chi connectivity index (χ0v) is 11.3. The van der Waals surface area contributed by atoms with E-state index in [2.05, 4.69) is 5.32 Å². The third-order valence-electron chi connectivity index (χ3n) is 3.52. The normalized spacial score (nSPS) is 19.2. The number of hydrogen-bond acceptors (Lipinski definition) is 4. The molecule has 6 nitrogen and oxygen atoms in total. The Hall–Kier alpha value is -1.82. The van der Waals surface area contributed by atoms with Crippen molar-refractivity contribution in [2.75, 3.05) is 13.1 Å². The van der Waals surface area contributed by atoms with Gasteiger partial charge in [-0.2, -0.15) is 0 Å². The molecule has 0 bridgehead atoms. The van der Waals surface area contributed by atoms with Crippen molar-refractivity contribution >= 4 is 11.9 Å². The van der Waals surface area contributed by atoms with E-state index in [1.54, 1.807) is 13.0 Å². The van der Waals surface area contributed by atoms with Gasteiger partial charge in [-0.1, -0.05) is 0 Å². The molecule has 0 atom stereocenters. The Morgan fingerprint density at radius 2 is 2.26 bits per heavy atom. The second-order valence-corrected chi connectivity index (χ2v) is 5.27. The van der Waals surface area contributed by atoms with E-state index in [4.69, 9.17) is 9.52 Å². The number of amides is 1. The van der Waals surface area contributed by atoms with Crippen molar-refractivity contribution in [1.29, 1.82) is 0 Å². The first-order valence-electron chi connectivity index (χ1n) is 6.18. The van der Waals surface area contributed by atoms with Crippen molar-refractivity contribution in [2.24, 2.45) is 0 Å². The highest BCUT2D eigenvalue weighted by Gasteiger charge is 2.37. The summed E-state index contributed by atoms with van der Waals surface area (Å²) in [7, 11) is 0. The lowest BCUT2D eigenvalue weighted by molar-refractivity contribution is -0.135. The second-order valence-electron chi connectivity index (χ2n) is 5.27. The molecule has 0 saturated carbocycles. The largest absolute Gasteiger partial charge is 0.475 e. The number of furan rings is 1. The van der Waals surface area contributed by atoms with Crippen LogP contribution in [-0.2, 0) is 11.3 Å². The van der Waals surface area contributed by atoms with E-state index in [-0.39, 0.29) is 11.7 Å². The van der Waals surface area contributed by atoms with Crippen molar-refractivity contribution in [2.45, 2.75) is 32.9 Å². The summed E-state index contributed by atoms with van der Waals surface area (Å²) in [5.74, 6) is -0.563. The molecule has 0 unspecified atom stereocenters. The van der Waals surface area contributed by atoms with Gasteiger partial charge >= 0.3 is 5.97 Å². The molecule has 1 saturated heterocycles. The van der Waals surface area contributed by atoms with E-state index >= 15 is 0 Å². The maximum absolute atomic E-state index is 11.8. The van der Waals surface area contributed by atoms with Crippen molar-refractivity contribution in [3.05, 3.63) is 23.2 Å². The molecule has 0 radical (unpaired) electrons. The van der Waals surface area contributed by atoms with Crippen LogP contribution in [0.15, 0.2) is 10.5 Å². The molecule has 1 amide bonds. The number of aryl methyl sites for hydroxylation is 1. The Morgan fingerprint density at radius 3 is 2.84 bits per heavy atom. The lowest BCUT2D eigenvalue weighted by Crippen LogP contribution is -2.61. The third-order valence-corrected chi connectivity index (χ3v) is 3.52. The summed E-state index contributed by atoms with van der Waals surface area (Å²) < 4.78 is 5.33. The van der Waals surface area contributed by atoms with Crippen LogP contribution < -0.4 is 5.32 Å². The lowest BCUT2D eigenvalue weighted by Gasteiger charge is -2.40. The molecule has 2 rings (SSSR count). The van der Waals surface area contributed by atoms with E-state index in [1.807, 2.05) is 18.7 Å². The van der Waals surface area contributed by atoms with Crippen LogP contribution in [0, 0.1) is 6.92 Å². The predicted molar refractivity (Wildman–Crippen MR) is 67.9 cm³/mol. The van der Waals surface area contributed by atoms with Crippen LogP contribution >= 0.6 is 0 Å². The summed E-state index contributed by atoms with van der Waals surface area (Å²) in [5, 5.41) is 11.8. The van der Waals surface area contributed by atoms with Gasteiger partial charge in [-0.15, -0.1) is 0 Å². The van der Waals surface area contributed by atoms with Crippen LogP contribution in [0.4, 0.5) is 0 Å². The maximum atomic E-state index is 11.8. The topological polar surface area (TPSA) is 82.8 Å². The highest BCUT2D eigenvalue weighted by Crippen LogP contribution is 2.23. The number of rotatable bonds is 3. The SMILES string of the molecule is Cc1cc(CN2CCNC(=O)C2(C)C)oc1C(=O)O. The molecule has 19 heavy (non-hydrogen) atoms. The van der Waals surface area contributed by atoms with Gasteiger partial charge in [-0.05, 0) is 26.8 Å². The molecule has 0 aliphatic carbocycles. The first-order valence-corrected chi connectivity index (χ1v) is 6.18. The summed E-state index contributed by atoms with van der Waals surface area (Å²) >= 11 is 0. The van der Waals surface area contributed by atoms with E-state index < -0.39 is 11.5 Å². The fraction of sp³-hybridized carbons (Fsp3) is 0.538.